The molecule has 0 aliphatic carbocycles. The van der Waals surface area contributed by atoms with E-state index in [-0.39, 0.29) is 11.9 Å². The van der Waals surface area contributed by atoms with E-state index in [2.05, 4.69) is 31.5 Å². The van der Waals surface area contributed by atoms with Gasteiger partial charge in [0.25, 0.3) is 0 Å². The van der Waals surface area contributed by atoms with Crippen LogP contribution in [0.25, 0.3) is 0 Å². The number of rotatable bonds is 4. The van der Waals surface area contributed by atoms with Gasteiger partial charge in [-0.15, -0.1) is 11.3 Å². The molecule has 0 saturated carbocycles. The van der Waals surface area contributed by atoms with Crippen molar-refractivity contribution in [1.82, 2.24) is 20.0 Å². The molecule has 6 heteroatoms. The molecule has 3 saturated heterocycles. The summed E-state index contributed by atoms with van der Waals surface area (Å²) < 4.78 is 0. The third-order valence-corrected chi connectivity index (χ3v) is 6.49. The highest BCUT2D eigenvalue weighted by Crippen LogP contribution is 2.22. The Kier molecular flexibility index (Phi) is 5.17. The van der Waals surface area contributed by atoms with Crippen molar-refractivity contribution in [3.8, 4) is 0 Å². The molecule has 132 valence electrons. The zero-order valence-electron chi connectivity index (χ0n) is 14.4. The van der Waals surface area contributed by atoms with E-state index >= 15 is 0 Å². The van der Waals surface area contributed by atoms with Crippen molar-refractivity contribution < 1.29 is 4.79 Å². The Balaban J connectivity index is 1.31. The molecular formula is C18H28N4OS. The van der Waals surface area contributed by atoms with Gasteiger partial charge in [-0.3, -0.25) is 19.5 Å². The van der Waals surface area contributed by atoms with Gasteiger partial charge in [0.2, 0.25) is 5.91 Å². The minimum atomic E-state index is 0.0558. The largest absolute Gasteiger partial charge is 0.353 e. The lowest BCUT2D eigenvalue weighted by Crippen LogP contribution is -2.63. The third-order valence-electron chi connectivity index (χ3n) is 5.52. The maximum Gasteiger partial charge on any atom is 0.238 e. The summed E-state index contributed by atoms with van der Waals surface area (Å²) >= 11 is 1.88. The Hall–Kier alpha value is -0.950. The smallest absolute Gasteiger partial charge is 0.238 e. The minimum absolute atomic E-state index is 0.0558. The van der Waals surface area contributed by atoms with Crippen LogP contribution >= 0.6 is 11.3 Å². The molecule has 3 aliphatic heterocycles. The minimum Gasteiger partial charge on any atom is -0.353 e. The van der Waals surface area contributed by atoms with Crippen LogP contribution in [0.2, 0.25) is 0 Å². The van der Waals surface area contributed by atoms with E-state index in [1.807, 2.05) is 11.3 Å². The highest BCUT2D eigenvalue weighted by molar-refractivity contribution is 7.10. The monoisotopic (exact) mass is 348 g/mol. The molecule has 0 bridgehead atoms. The first kappa shape index (κ1) is 16.5. The number of thiophene rings is 1. The molecule has 0 spiro atoms. The van der Waals surface area contributed by atoms with E-state index in [1.165, 1.54) is 42.8 Å². The quantitative estimate of drug-likeness (QED) is 0.892. The summed E-state index contributed by atoms with van der Waals surface area (Å²) in [7, 11) is 0. The number of piperazine rings is 2. The van der Waals surface area contributed by atoms with Gasteiger partial charge in [-0.1, -0.05) is 6.42 Å². The number of nitrogens with one attached hydrogen (secondary N) is 1. The first-order valence-electron chi connectivity index (χ1n) is 9.31. The van der Waals surface area contributed by atoms with Crippen LogP contribution in [0, 0.1) is 0 Å². The fourth-order valence-electron chi connectivity index (χ4n) is 4.17. The first-order valence-corrected chi connectivity index (χ1v) is 10.2. The summed E-state index contributed by atoms with van der Waals surface area (Å²) in [4.78, 5) is 20.9. The number of hydrogen-bond donors (Lipinski definition) is 1. The zero-order valence-corrected chi connectivity index (χ0v) is 15.2. The average Bonchev–Trinajstić information content (AvgIpc) is 3.03. The standard InChI is InChI=1S/C18H28N4OS/c23-18-17-13-21(8-9-22(17)7-4-19-18)12-16-10-15(14-24-16)11-20-5-2-1-3-6-20/h10,14,17H,1-9,11-13H2,(H,19,23)/t17-/m1/s1. The fourth-order valence-corrected chi connectivity index (χ4v) is 5.09. The lowest BCUT2D eigenvalue weighted by atomic mass is 10.1. The van der Waals surface area contributed by atoms with Crippen molar-refractivity contribution in [2.24, 2.45) is 0 Å². The van der Waals surface area contributed by atoms with Crippen LogP contribution in [-0.2, 0) is 17.9 Å². The van der Waals surface area contributed by atoms with Gasteiger partial charge >= 0.3 is 0 Å². The Bertz CT molecular complexity index is 569. The molecule has 3 fully saturated rings. The molecular weight excluding hydrogens is 320 g/mol. The van der Waals surface area contributed by atoms with Crippen LogP contribution in [0.4, 0.5) is 0 Å². The average molecular weight is 349 g/mol. The Morgan fingerprint density at radius 3 is 2.79 bits per heavy atom. The topological polar surface area (TPSA) is 38.8 Å². The normalized spacial score (nSPS) is 27.0. The van der Waals surface area contributed by atoms with E-state index < -0.39 is 0 Å². The number of nitrogens with zero attached hydrogens (tertiary/aromatic N) is 3. The number of hydrogen-bond acceptors (Lipinski definition) is 5. The predicted octanol–water partition coefficient (Wildman–Crippen LogP) is 1.35. The summed E-state index contributed by atoms with van der Waals surface area (Å²) in [6.45, 7) is 9.37. The third kappa shape index (κ3) is 3.82. The molecule has 3 aliphatic rings. The van der Waals surface area contributed by atoms with Crippen molar-refractivity contribution >= 4 is 17.2 Å². The van der Waals surface area contributed by atoms with E-state index in [4.69, 9.17) is 0 Å². The van der Waals surface area contributed by atoms with Crippen LogP contribution < -0.4 is 5.32 Å². The van der Waals surface area contributed by atoms with Crippen molar-refractivity contribution in [3.05, 3.63) is 21.9 Å². The molecule has 1 aromatic rings. The second kappa shape index (κ2) is 7.52. The maximum absolute atomic E-state index is 12.1. The zero-order chi connectivity index (χ0) is 16.4. The van der Waals surface area contributed by atoms with Crippen LogP contribution in [-0.4, -0.2) is 72.5 Å². The molecule has 4 heterocycles. The molecule has 0 radical (unpaired) electrons. The summed E-state index contributed by atoms with van der Waals surface area (Å²) in [6.07, 6.45) is 4.10. The second-order valence-corrected chi connectivity index (χ2v) is 8.33. The molecule has 24 heavy (non-hydrogen) atoms. The number of piperidine rings is 1. The van der Waals surface area contributed by atoms with Crippen LogP contribution in [0.15, 0.2) is 11.4 Å². The SMILES string of the molecule is O=C1NCCN2CCN(Cc3cc(CN4CCCCC4)cs3)C[C@H]12. The highest BCUT2D eigenvalue weighted by atomic mass is 32.1. The van der Waals surface area contributed by atoms with E-state index in [9.17, 15) is 4.79 Å². The molecule has 1 atom stereocenters. The number of carbonyl (C=O) groups excluding carboxylic acids is 1. The van der Waals surface area contributed by atoms with Crippen molar-refractivity contribution in [2.75, 3.05) is 45.8 Å². The molecule has 0 unspecified atom stereocenters. The molecule has 1 aromatic heterocycles. The lowest BCUT2D eigenvalue weighted by molar-refractivity contribution is -0.131. The fraction of sp³-hybridized carbons (Fsp3) is 0.722. The maximum atomic E-state index is 12.1. The molecule has 0 aromatic carbocycles. The van der Waals surface area contributed by atoms with Crippen molar-refractivity contribution in [2.45, 2.75) is 38.4 Å². The number of carbonyl (C=O) groups is 1. The predicted molar refractivity (Wildman–Crippen MR) is 97.1 cm³/mol. The van der Waals surface area contributed by atoms with E-state index in [1.54, 1.807) is 0 Å². The number of likely N-dealkylation sites (tertiary alicyclic amines) is 1. The Morgan fingerprint density at radius 1 is 1.04 bits per heavy atom. The summed E-state index contributed by atoms with van der Waals surface area (Å²) in [5, 5.41) is 5.33. The van der Waals surface area contributed by atoms with Gasteiger partial charge < -0.3 is 5.32 Å². The van der Waals surface area contributed by atoms with Gasteiger partial charge in [0, 0.05) is 50.7 Å². The molecule has 4 rings (SSSR count). The van der Waals surface area contributed by atoms with Crippen LogP contribution in [0.3, 0.4) is 0 Å². The Labute approximate surface area is 148 Å². The van der Waals surface area contributed by atoms with Gasteiger partial charge in [0.05, 0.1) is 0 Å². The van der Waals surface area contributed by atoms with Gasteiger partial charge in [-0.25, -0.2) is 0 Å². The molecule has 5 nitrogen and oxygen atoms in total. The van der Waals surface area contributed by atoms with Gasteiger partial charge in [-0.2, -0.15) is 0 Å². The van der Waals surface area contributed by atoms with Crippen molar-refractivity contribution in [3.63, 3.8) is 0 Å². The van der Waals surface area contributed by atoms with Crippen molar-refractivity contribution in [1.29, 1.82) is 0 Å². The molecule has 1 N–H and O–H groups in total. The van der Waals surface area contributed by atoms with Gasteiger partial charge in [0.15, 0.2) is 0 Å². The number of fused-ring (bicyclic) bond motifs is 1. The lowest BCUT2D eigenvalue weighted by Gasteiger charge is -2.42. The Morgan fingerprint density at radius 2 is 1.92 bits per heavy atom. The number of amides is 1. The van der Waals surface area contributed by atoms with Gasteiger partial charge in [-0.05, 0) is 42.9 Å². The first-order chi connectivity index (χ1) is 11.8. The van der Waals surface area contributed by atoms with Crippen LogP contribution in [0.1, 0.15) is 29.7 Å². The highest BCUT2D eigenvalue weighted by Gasteiger charge is 2.34. The van der Waals surface area contributed by atoms with E-state index in [0.717, 1.165) is 45.8 Å². The summed E-state index contributed by atoms with van der Waals surface area (Å²) in [5.41, 5.74) is 1.46. The van der Waals surface area contributed by atoms with E-state index in [0.29, 0.717) is 0 Å². The summed E-state index contributed by atoms with van der Waals surface area (Å²) in [5.74, 6) is 0.211. The second-order valence-electron chi connectivity index (χ2n) is 7.34. The summed E-state index contributed by atoms with van der Waals surface area (Å²) in [6, 6.07) is 2.44. The molecule has 1 amide bonds. The van der Waals surface area contributed by atoms with Crippen LogP contribution in [0.5, 0.6) is 0 Å². The van der Waals surface area contributed by atoms with Gasteiger partial charge in [0.1, 0.15) is 6.04 Å².